The van der Waals surface area contributed by atoms with Gasteiger partial charge < -0.3 is 14.6 Å². The van der Waals surface area contributed by atoms with Gasteiger partial charge in [0.2, 0.25) is 0 Å². The van der Waals surface area contributed by atoms with Crippen LogP contribution in [0.4, 0.5) is 0 Å². The van der Waals surface area contributed by atoms with Gasteiger partial charge in [-0.15, -0.1) is 11.3 Å². The van der Waals surface area contributed by atoms with E-state index in [9.17, 15) is 14.7 Å². The summed E-state index contributed by atoms with van der Waals surface area (Å²) in [7, 11) is 0. The Morgan fingerprint density at radius 1 is 1.08 bits per heavy atom. The highest BCUT2D eigenvalue weighted by Gasteiger charge is 2.30. The lowest BCUT2D eigenvalue weighted by molar-refractivity contribution is 0.0510. The second-order valence-corrected chi connectivity index (χ2v) is 6.54. The molecule has 0 unspecified atom stereocenters. The zero-order chi connectivity index (χ0) is 18.8. The quantitative estimate of drug-likeness (QED) is 0.683. The summed E-state index contributed by atoms with van der Waals surface area (Å²) in [5, 5.41) is 11.2. The zero-order valence-corrected chi connectivity index (χ0v) is 15.6. The number of carbonyl (C=O) groups is 2. The predicted molar refractivity (Wildman–Crippen MR) is 99.5 cm³/mol. The van der Waals surface area contributed by atoms with Crippen molar-refractivity contribution in [3.8, 4) is 11.4 Å². The number of para-hydroxylation sites is 1. The Hall–Kier alpha value is -2.80. The van der Waals surface area contributed by atoms with Crippen LogP contribution in [-0.2, 0) is 9.47 Å². The fourth-order valence-electron chi connectivity index (χ4n) is 2.86. The Labute approximate surface area is 154 Å². The summed E-state index contributed by atoms with van der Waals surface area (Å²) < 4.78 is 11.8. The molecule has 0 aliphatic rings. The number of nitrogens with zero attached hydrogens (tertiary/aromatic N) is 1. The average molecular weight is 373 g/mol. The molecule has 0 spiro atoms. The lowest BCUT2D eigenvalue weighted by Gasteiger charge is -2.09. The molecule has 2 heterocycles. The molecule has 136 valence electrons. The second-order valence-electron chi connectivity index (χ2n) is 5.55. The molecular formula is C19H19NO5S. The third-order valence-corrected chi connectivity index (χ3v) is 5.22. The molecule has 3 aromatic rings. The van der Waals surface area contributed by atoms with E-state index in [1.54, 1.807) is 25.3 Å². The Bertz CT molecular complexity index is 971. The van der Waals surface area contributed by atoms with Crippen LogP contribution in [-0.4, -0.2) is 34.8 Å². The van der Waals surface area contributed by atoms with Gasteiger partial charge in [-0.1, -0.05) is 18.2 Å². The lowest BCUT2D eigenvalue weighted by Crippen LogP contribution is -2.11. The van der Waals surface area contributed by atoms with E-state index in [0.29, 0.717) is 26.3 Å². The van der Waals surface area contributed by atoms with Gasteiger partial charge in [0.25, 0.3) is 0 Å². The number of esters is 2. The smallest absolute Gasteiger partial charge is 0.359 e. The van der Waals surface area contributed by atoms with E-state index in [0.717, 1.165) is 0 Å². The molecule has 0 radical (unpaired) electrons. The molecule has 1 N–H and O–H groups in total. The van der Waals surface area contributed by atoms with Gasteiger partial charge in [0.1, 0.15) is 9.71 Å². The summed E-state index contributed by atoms with van der Waals surface area (Å²) in [5.74, 6) is -1.25. The number of benzene rings is 1. The zero-order valence-electron chi connectivity index (χ0n) is 14.7. The number of ether oxygens (including phenoxy) is 2. The van der Waals surface area contributed by atoms with Crippen LogP contribution < -0.4 is 0 Å². The van der Waals surface area contributed by atoms with Gasteiger partial charge in [-0.2, -0.15) is 0 Å². The first-order valence-corrected chi connectivity index (χ1v) is 9.09. The molecule has 3 rings (SSSR count). The molecule has 0 fully saturated rings. The number of rotatable bonds is 5. The molecule has 0 saturated heterocycles. The van der Waals surface area contributed by atoms with Crippen molar-refractivity contribution in [3.05, 3.63) is 46.5 Å². The van der Waals surface area contributed by atoms with Gasteiger partial charge in [-0.25, -0.2) is 9.59 Å². The van der Waals surface area contributed by atoms with Crippen LogP contribution >= 0.6 is 11.3 Å². The number of thiophene rings is 1. The first-order chi connectivity index (χ1) is 12.5. The van der Waals surface area contributed by atoms with E-state index in [4.69, 9.17) is 9.47 Å². The van der Waals surface area contributed by atoms with E-state index in [1.807, 2.05) is 30.3 Å². The van der Waals surface area contributed by atoms with Crippen molar-refractivity contribution >= 4 is 33.5 Å². The van der Waals surface area contributed by atoms with Crippen LogP contribution in [0.25, 0.3) is 15.9 Å². The maximum Gasteiger partial charge on any atom is 0.359 e. The Kier molecular flexibility index (Phi) is 4.99. The van der Waals surface area contributed by atoms with Crippen molar-refractivity contribution in [2.45, 2.75) is 20.8 Å². The van der Waals surface area contributed by atoms with E-state index in [-0.39, 0.29) is 24.7 Å². The average Bonchev–Trinajstić information content (AvgIpc) is 3.11. The number of hydrogen-bond donors (Lipinski definition) is 1. The van der Waals surface area contributed by atoms with Crippen LogP contribution in [0.2, 0.25) is 0 Å². The largest absolute Gasteiger partial charge is 0.505 e. The van der Waals surface area contributed by atoms with Crippen LogP contribution in [0.1, 0.15) is 39.6 Å². The van der Waals surface area contributed by atoms with Crippen molar-refractivity contribution in [2.75, 3.05) is 13.2 Å². The fourth-order valence-corrected chi connectivity index (χ4v) is 4.09. The number of aromatic nitrogens is 1. The molecule has 7 heteroatoms. The molecular weight excluding hydrogens is 354 g/mol. The Balaban J connectivity index is 2.32. The summed E-state index contributed by atoms with van der Waals surface area (Å²) >= 11 is 1.18. The third-order valence-electron chi connectivity index (χ3n) is 3.96. The highest BCUT2D eigenvalue weighted by molar-refractivity contribution is 7.20. The first kappa shape index (κ1) is 18.0. The van der Waals surface area contributed by atoms with Crippen molar-refractivity contribution in [2.24, 2.45) is 0 Å². The standard InChI is InChI=1S/C19H19NO5S/c1-4-24-18(22)14-15(21)13-11(3)16(19(23)25-5-2)26-17(13)20(14)12-9-7-6-8-10-12/h6-10,21H,4-5H2,1-3H3. The van der Waals surface area contributed by atoms with Crippen LogP contribution in [0, 0.1) is 6.92 Å². The monoisotopic (exact) mass is 373 g/mol. The summed E-state index contributed by atoms with van der Waals surface area (Å²) in [4.78, 5) is 25.7. The number of carbonyl (C=O) groups excluding carboxylic acids is 2. The van der Waals surface area contributed by atoms with Crippen molar-refractivity contribution in [3.63, 3.8) is 0 Å². The van der Waals surface area contributed by atoms with E-state index >= 15 is 0 Å². The van der Waals surface area contributed by atoms with Gasteiger partial charge in [0, 0.05) is 5.69 Å². The number of aryl methyl sites for hydroxylation is 1. The van der Waals surface area contributed by atoms with Gasteiger partial charge in [-0.05, 0) is 38.5 Å². The molecule has 0 aliphatic heterocycles. The normalized spacial score (nSPS) is 10.9. The summed E-state index contributed by atoms with van der Waals surface area (Å²) in [6, 6.07) is 9.17. The van der Waals surface area contributed by atoms with E-state index in [1.165, 1.54) is 11.3 Å². The van der Waals surface area contributed by atoms with Gasteiger partial charge >= 0.3 is 11.9 Å². The second kappa shape index (κ2) is 7.21. The van der Waals surface area contributed by atoms with E-state index in [2.05, 4.69) is 0 Å². The maximum absolute atomic E-state index is 12.5. The minimum absolute atomic E-state index is 0.0535. The Morgan fingerprint density at radius 2 is 1.69 bits per heavy atom. The topological polar surface area (TPSA) is 77.8 Å². The maximum atomic E-state index is 12.5. The summed E-state index contributed by atoms with van der Waals surface area (Å²) in [5.41, 5.74) is 1.33. The number of fused-ring (bicyclic) bond motifs is 1. The number of aromatic hydroxyl groups is 1. The molecule has 1 aromatic carbocycles. The van der Waals surface area contributed by atoms with Crippen molar-refractivity contribution in [1.29, 1.82) is 0 Å². The van der Waals surface area contributed by atoms with Gasteiger partial charge in [0.15, 0.2) is 11.4 Å². The molecule has 26 heavy (non-hydrogen) atoms. The minimum Gasteiger partial charge on any atom is -0.505 e. The summed E-state index contributed by atoms with van der Waals surface area (Å²) in [6.45, 7) is 5.63. The van der Waals surface area contributed by atoms with Gasteiger partial charge in [0.05, 0.1) is 18.6 Å². The van der Waals surface area contributed by atoms with Gasteiger partial charge in [-0.3, -0.25) is 4.57 Å². The lowest BCUT2D eigenvalue weighted by atomic mass is 10.2. The highest BCUT2D eigenvalue weighted by Crippen LogP contribution is 2.43. The molecule has 0 aliphatic carbocycles. The minimum atomic E-state index is -0.616. The van der Waals surface area contributed by atoms with Crippen molar-refractivity contribution in [1.82, 2.24) is 4.57 Å². The molecule has 2 aromatic heterocycles. The SMILES string of the molecule is CCOC(=O)c1sc2c(c1C)c(O)c(C(=O)OCC)n2-c1ccccc1. The first-order valence-electron chi connectivity index (χ1n) is 8.27. The van der Waals surface area contributed by atoms with Crippen molar-refractivity contribution < 1.29 is 24.2 Å². The number of hydrogen-bond acceptors (Lipinski definition) is 6. The van der Waals surface area contributed by atoms with E-state index < -0.39 is 11.9 Å². The molecule has 0 amide bonds. The van der Waals surface area contributed by atoms with Crippen LogP contribution in [0.15, 0.2) is 30.3 Å². The third kappa shape index (κ3) is 2.84. The molecule has 0 atom stereocenters. The van der Waals surface area contributed by atoms with Crippen LogP contribution in [0.5, 0.6) is 5.75 Å². The molecule has 6 nitrogen and oxygen atoms in total. The Morgan fingerprint density at radius 3 is 2.31 bits per heavy atom. The highest BCUT2D eigenvalue weighted by atomic mass is 32.1. The molecule has 0 saturated carbocycles. The summed E-state index contributed by atoms with van der Waals surface area (Å²) in [6.07, 6.45) is 0. The van der Waals surface area contributed by atoms with Crippen LogP contribution in [0.3, 0.4) is 0 Å². The fraction of sp³-hybridized carbons (Fsp3) is 0.263. The molecule has 0 bridgehead atoms. The predicted octanol–water partition coefficient (Wildman–Crippen LogP) is 4.06.